The average Bonchev–Trinajstić information content (AvgIpc) is 2.06. The summed E-state index contributed by atoms with van der Waals surface area (Å²) in [7, 11) is -2.23. The lowest BCUT2D eigenvalue weighted by molar-refractivity contribution is 0.153. The Morgan fingerprint density at radius 2 is 1.77 bits per heavy atom. The molecule has 1 aromatic carbocycles. The summed E-state index contributed by atoms with van der Waals surface area (Å²) in [5, 5.41) is 0. The number of hydrogen-bond donors (Lipinski definition) is 1. The van der Waals surface area contributed by atoms with Gasteiger partial charge in [-0.05, 0) is 12.1 Å². The highest BCUT2D eigenvalue weighted by atomic mass is 35.5. The Labute approximate surface area is 83.3 Å². The van der Waals surface area contributed by atoms with Crippen LogP contribution in [0.4, 0.5) is 0 Å². The van der Waals surface area contributed by atoms with Crippen LogP contribution < -0.4 is 4.89 Å². The van der Waals surface area contributed by atoms with Gasteiger partial charge in [0.1, 0.15) is 0 Å². The van der Waals surface area contributed by atoms with Gasteiger partial charge in [0, 0.05) is 0 Å². The first kappa shape index (κ1) is 12.4. The van der Waals surface area contributed by atoms with Crippen LogP contribution in [-0.2, 0) is 14.9 Å². The standard InChI is InChI=1S/C7H9NO3S.ClH/c1-11-8-12(9,10)7-5-3-2-4-6-7;/h2-6,8H,1H3;1H. The van der Waals surface area contributed by atoms with Crippen molar-refractivity contribution in [2.75, 3.05) is 7.11 Å². The van der Waals surface area contributed by atoms with Crippen LogP contribution in [0.1, 0.15) is 0 Å². The molecule has 0 atom stereocenters. The molecule has 0 fully saturated rings. The van der Waals surface area contributed by atoms with Gasteiger partial charge in [0.15, 0.2) is 0 Å². The van der Waals surface area contributed by atoms with E-state index in [9.17, 15) is 8.42 Å². The molecule has 0 unspecified atom stereocenters. The van der Waals surface area contributed by atoms with Gasteiger partial charge in [0.25, 0.3) is 10.0 Å². The number of benzene rings is 1. The molecule has 0 amide bonds. The van der Waals surface area contributed by atoms with Crippen LogP contribution >= 0.6 is 12.4 Å². The van der Waals surface area contributed by atoms with Gasteiger partial charge >= 0.3 is 0 Å². The van der Waals surface area contributed by atoms with E-state index >= 15 is 0 Å². The SMILES string of the molecule is CONS(=O)(=O)c1ccccc1.Cl. The minimum Gasteiger partial charge on any atom is -0.290 e. The molecule has 0 saturated heterocycles. The highest BCUT2D eigenvalue weighted by Crippen LogP contribution is 2.05. The van der Waals surface area contributed by atoms with Crippen LogP contribution in [-0.4, -0.2) is 15.5 Å². The Hall–Kier alpha value is -0.620. The van der Waals surface area contributed by atoms with Gasteiger partial charge < -0.3 is 0 Å². The van der Waals surface area contributed by atoms with Gasteiger partial charge in [-0.15, -0.1) is 12.4 Å². The topological polar surface area (TPSA) is 55.4 Å². The van der Waals surface area contributed by atoms with E-state index in [1.165, 1.54) is 19.2 Å². The van der Waals surface area contributed by atoms with Crippen LogP contribution in [0.3, 0.4) is 0 Å². The summed E-state index contributed by atoms with van der Waals surface area (Å²) in [5.74, 6) is 0. The molecule has 0 bridgehead atoms. The summed E-state index contributed by atoms with van der Waals surface area (Å²) in [6.07, 6.45) is 0. The maximum absolute atomic E-state index is 11.2. The van der Waals surface area contributed by atoms with Crippen molar-refractivity contribution in [2.24, 2.45) is 0 Å². The van der Waals surface area contributed by atoms with E-state index in [0.717, 1.165) is 0 Å². The molecule has 4 nitrogen and oxygen atoms in total. The van der Waals surface area contributed by atoms with Crippen molar-refractivity contribution in [1.29, 1.82) is 0 Å². The van der Waals surface area contributed by atoms with Crippen molar-refractivity contribution < 1.29 is 13.3 Å². The highest BCUT2D eigenvalue weighted by molar-refractivity contribution is 7.89. The van der Waals surface area contributed by atoms with E-state index in [4.69, 9.17) is 0 Å². The zero-order valence-corrected chi connectivity index (χ0v) is 8.56. The van der Waals surface area contributed by atoms with Crippen LogP contribution in [0.15, 0.2) is 35.2 Å². The average molecular weight is 224 g/mol. The molecule has 0 heterocycles. The van der Waals surface area contributed by atoms with E-state index in [-0.39, 0.29) is 17.3 Å². The Morgan fingerprint density at radius 1 is 1.23 bits per heavy atom. The summed E-state index contributed by atoms with van der Waals surface area (Å²) in [5.41, 5.74) is 0. The second-order valence-corrected chi connectivity index (χ2v) is 3.75. The number of halogens is 1. The van der Waals surface area contributed by atoms with Gasteiger partial charge in [0.2, 0.25) is 0 Å². The van der Waals surface area contributed by atoms with Gasteiger partial charge in [-0.25, -0.2) is 8.42 Å². The predicted octanol–water partition coefficient (Wildman–Crippen LogP) is 0.948. The minimum atomic E-state index is -3.48. The lowest BCUT2D eigenvalue weighted by atomic mass is 10.4. The summed E-state index contributed by atoms with van der Waals surface area (Å²) < 4.78 is 22.4. The molecule has 74 valence electrons. The fraction of sp³-hybridized carbons (Fsp3) is 0.143. The van der Waals surface area contributed by atoms with Crippen LogP contribution in [0.25, 0.3) is 0 Å². The maximum Gasteiger partial charge on any atom is 0.262 e. The highest BCUT2D eigenvalue weighted by Gasteiger charge is 2.11. The summed E-state index contributed by atoms with van der Waals surface area (Å²) in [4.78, 5) is 6.42. The van der Waals surface area contributed by atoms with Gasteiger partial charge in [-0.2, -0.15) is 0 Å². The molecule has 0 radical (unpaired) electrons. The molecule has 0 saturated carbocycles. The van der Waals surface area contributed by atoms with E-state index in [1.807, 2.05) is 4.89 Å². The van der Waals surface area contributed by atoms with Crippen LogP contribution in [0.2, 0.25) is 0 Å². The first-order valence-corrected chi connectivity index (χ1v) is 4.75. The lowest BCUT2D eigenvalue weighted by Gasteiger charge is -2.02. The predicted molar refractivity (Wildman–Crippen MR) is 51.0 cm³/mol. The van der Waals surface area contributed by atoms with E-state index in [1.54, 1.807) is 18.2 Å². The smallest absolute Gasteiger partial charge is 0.262 e. The fourth-order valence-corrected chi connectivity index (χ4v) is 1.59. The molecule has 0 spiro atoms. The first-order valence-electron chi connectivity index (χ1n) is 3.26. The summed E-state index contributed by atoms with van der Waals surface area (Å²) in [6, 6.07) is 8.00. The fourth-order valence-electron chi connectivity index (χ4n) is 0.757. The number of rotatable bonds is 3. The molecule has 1 rings (SSSR count). The molecule has 6 heteroatoms. The Bertz CT molecular complexity index is 338. The molecule has 1 aromatic rings. The normalized spacial score (nSPS) is 10.5. The Balaban J connectivity index is 0.00000144. The maximum atomic E-state index is 11.2. The Morgan fingerprint density at radius 3 is 2.23 bits per heavy atom. The van der Waals surface area contributed by atoms with Crippen molar-refractivity contribution >= 4 is 22.4 Å². The molecule has 13 heavy (non-hydrogen) atoms. The van der Waals surface area contributed by atoms with Crippen molar-refractivity contribution in [3.8, 4) is 0 Å². The summed E-state index contributed by atoms with van der Waals surface area (Å²) >= 11 is 0. The van der Waals surface area contributed by atoms with Gasteiger partial charge in [0.05, 0.1) is 12.0 Å². The molecule has 0 aromatic heterocycles. The third-order valence-corrected chi connectivity index (χ3v) is 2.53. The molecule has 0 aliphatic heterocycles. The third kappa shape index (κ3) is 3.31. The third-order valence-electron chi connectivity index (χ3n) is 1.25. The Kier molecular flexibility index (Phi) is 4.94. The molecular weight excluding hydrogens is 214 g/mol. The molecule has 1 N–H and O–H groups in total. The number of nitrogens with one attached hydrogen (secondary N) is 1. The first-order chi connectivity index (χ1) is 5.67. The van der Waals surface area contributed by atoms with E-state index in [2.05, 4.69) is 4.84 Å². The van der Waals surface area contributed by atoms with Gasteiger partial charge in [-0.3, -0.25) is 4.84 Å². The van der Waals surface area contributed by atoms with Crippen LogP contribution in [0.5, 0.6) is 0 Å². The van der Waals surface area contributed by atoms with E-state index < -0.39 is 10.0 Å². The summed E-state index contributed by atoms with van der Waals surface area (Å²) in [6.45, 7) is 0. The van der Waals surface area contributed by atoms with Crippen LogP contribution in [0, 0.1) is 0 Å². The second-order valence-electron chi connectivity index (χ2n) is 2.10. The minimum absolute atomic E-state index is 0. The molecular formula is C7H10ClNO3S. The number of hydrogen-bond acceptors (Lipinski definition) is 3. The van der Waals surface area contributed by atoms with Gasteiger partial charge in [-0.1, -0.05) is 23.1 Å². The van der Waals surface area contributed by atoms with Crippen molar-refractivity contribution in [3.05, 3.63) is 30.3 Å². The quantitative estimate of drug-likeness (QED) is 0.777. The van der Waals surface area contributed by atoms with Crippen molar-refractivity contribution in [1.82, 2.24) is 4.89 Å². The zero-order valence-electron chi connectivity index (χ0n) is 6.93. The monoisotopic (exact) mass is 223 g/mol. The molecule has 0 aliphatic rings. The van der Waals surface area contributed by atoms with E-state index in [0.29, 0.717) is 0 Å². The van der Waals surface area contributed by atoms with Crippen molar-refractivity contribution in [2.45, 2.75) is 4.90 Å². The zero-order chi connectivity index (χ0) is 9.03. The second kappa shape index (κ2) is 5.18. The van der Waals surface area contributed by atoms with Crippen molar-refractivity contribution in [3.63, 3.8) is 0 Å². The largest absolute Gasteiger partial charge is 0.290 e. The molecule has 0 aliphatic carbocycles. The lowest BCUT2D eigenvalue weighted by Crippen LogP contribution is -2.22. The number of sulfonamides is 1.